The second kappa shape index (κ2) is 10.6. The molecule has 0 atom stereocenters. The van der Waals surface area contributed by atoms with E-state index < -0.39 is 22.5 Å². The van der Waals surface area contributed by atoms with Gasteiger partial charge >= 0.3 is 0 Å². The molecule has 0 radical (unpaired) electrons. The summed E-state index contributed by atoms with van der Waals surface area (Å²) in [7, 11) is -2.61. The molecule has 0 aromatic heterocycles. The molecule has 0 unspecified atom stereocenters. The van der Waals surface area contributed by atoms with Crippen LogP contribution in [0.4, 0.5) is 5.69 Å². The maximum absolute atomic E-state index is 13.5. The van der Waals surface area contributed by atoms with Crippen LogP contribution < -0.4 is 14.5 Å². The number of hydrazone groups is 1. The number of para-hydroxylation sites is 2. The van der Waals surface area contributed by atoms with Crippen molar-refractivity contribution in [2.24, 2.45) is 5.10 Å². The van der Waals surface area contributed by atoms with Crippen LogP contribution >= 0.6 is 15.9 Å². The number of rotatable bonds is 8. The Balaban J connectivity index is 1.92. The first-order valence-electron chi connectivity index (χ1n) is 10.0. The van der Waals surface area contributed by atoms with E-state index in [1.165, 1.54) is 19.2 Å². The zero-order valence-electron chi connectivity index (χ0n) is 18.4. The third-order valence-electron chi connectivity index (χ3n) is 4.84. The Morgan fingerprint density at radius 1 is 1.06 bits per heavy atom. The van der Waals surface area contributed by atoms with Crippen molar-refractivity contribution in [2.75, 3.05) is 18.0 Å². The van der Waals surface area contributed by atoms with Gasteiger partial charge in [0.15, 0.2) is 0 Å². The summed E-state index contributed by atoms with van der Waals surface area (Å²) < 4.78 is 34.2. The average Bonchev–Trinajstić information content (AvgIpc) is 2.81. The number of sulfonamides is 1. The lowest BCUT2D eigenvalue weighted by molar-refractivity contribution is -0.119. The molecular formula is C24H24BrN3O4S. The molecule has 0 aliphatic carbocycles. The van der Waals surface area contributed by atoms with Crippen LogP contribution in [0.15, 0.2) is 87.3 Å². The number of nitrogens with zero attached hydrogens (tertiary/aromatic N) is 2. The van der Waals surface area contributed by atoms with Crippen molar-refractivity contribution < 1.29 is 17.9 Å². The molecule has 1 N–H and O–H groups in total. The van der Waals surface area contributed by atoms with Gasteiger partial charge in [-0.25, -0.2) is 13.8 Å². The van der Waals surface area contributed by atoms with Crippen LogP contribution in [0.2, 0.25) is 0 Å². The minimum absolute atomic E-state index is 0.0700. The van der Waals surface area contributed by atoms with Crippen LogP contribution in [0.1, 0.15) is 18.1 Å². The molecule has 7 nitrogen and oxygen atoms in total. The lowest BCUT2D eigenvalue weighted by Gasteiger charge is -2.25. The van der Waals surface area contributed by atoms with Gasteiger partial charge < -0.3 is 4.74 Å². The Hall–Kier alpha value is -3.17. The number of methoxy groups -OCH3 is 1. The van der Waals surface area contributed by atoms with Gasteiger partial charge in [-0.15, -0.1) is 0 Å². The Bertz CT molecular complexity index is 1270. The smallest absolute Gasteiger partial charge is 0.264 e. The van der Waals surface area contributed by atoms with Crippen LogP contribution in [-0.2, 0) is 14.8 Å². The minimum Gasteiger partial charge on any atom is -0.495 e. The van der Waals surface area contributed by atoms with E-state index in [0.717, 1.165) is 19.9 Å². The van der Waals surface area contributed by atoms with Gasteiger partial charge in [0.25, 0.3) is 15.9 Å². The zero-order chi connectivity index (χ0) is 24.0. The van der Waals surface area contributed by atoms with Crippen molar-refractivity contribution in [3.8, 4) is 5.75 Å². The summed E-state index contributed by atoms with van der Waals surface area (Å²) in [6, 6.07) is 20.6. The van der Waals surface area contributed by atoms with Gasteiger partial charge in [-0.05, 0) is 55.8 Å². The molecule has 3 rings (SSSR count). The van der Waals surface area contributed by atoms with Crippen LogP contribution in [0.5, 0.6) is 5.75 Å². The fourth-order valence-electron chi connectivity index (χ4n) is 3.06. The molecule has 0 fully saturated rings. The molecule has 0 saturated heterocycles. The largest absolute Gasteiger partial charge is 0.495 e. The average molecular weight is 530 g/mol. The highest BCUT2D eigenvalue weighted by Crippen LogP contribution is 2.32. The topological polar surface area (TPSA) is 88.1 Å². The molecule has 0 spiro atoms. The predicted molar refractivity (Wildman–Crippen MR) is 133 cm³/mol. The molecule has 0 bridgehead atoms. The molecule has 3 aromatic rings. The molecule has 172 valence electrons. The van der Waals surface area contributed by atoms with Crippen molar-refractivity contribution >= 4 is 43.3 Å². The summed E-state index contributed by atoms with van der Waals surface area (Å²) in [5.41, 5.74) is 5.03. The molecule has 0 heterocycles. The first-order chi connectivity index (χ1) is 15.7. The summed E-state index contributed by atoms with van der Waals surface area (Å²) in [6.07, 6.45) is 0. The molecule has 0 aliphatic rings. The highest BCUT2D eigenvalue weighted by atomic mass is 79.9. The highest BCUT2D eigenvalue weighted by molar-refractivity contribution is 9.10. The molecule has 3 aromatic carbocycles. The summed E-state index contributed by atoms with van der Waals surface area (Å²) >= 11 is 3.40. The van der Waals surface area contributed by atoms with E-state index in [1.807, 2.05) is 31.2 Å². The third kappa shape index (κ3) is 6.00. The zero-order valence-corrected chi connectivity index (χ0v) is 20.9. The molecular weight excluding hydrogens is 506 g/mol. The van der Waals surface area contributed by atoms with Crippen molar-refractivity contribution in [1.82, 2.24) is 5.43 Å². The number of benzene rings is 3. The molecule has 9 heteroatoms. The quantitative estimate of drug-likeness (QED) is 0.343. The maximum Gasteiger partial charge on any atom is 0.264 e. The number of anilines is 1. The highest BCUT2D eigenvalue weighted by Gasteiger charge is 2.29. The normalized spacial score (nSPS) is 11.7. The molecule has 0 saturated carbocycles. The van der Waals surface area contributed by atoms with Gasteiger partial charge in [-0.3, -0.25) is 9.10 Å². The van der Waals surface area contributed by atoms with E-state index in [1.54, 1.807) is 43.3 Å². The number of amides is 1. The Morgan fingerprint density at radius 3 is 2.42 bits per heavy atom. The van der Waals surface area contributed by atoms with Crippen LogP contribution in [-0.4, -0.2) is 33.7 Å². The maximum atomic E-state index is 13.5. The van der Waals surface area contributed by atoms with Crippen LogP contribution in [0.3, 0.4) is 0 Å². The fraction of sp³-hybridized carbons (Fsp3) is 0.167. The summed E-state index contributed by atoms with van der Waals surface area (Å²) in [5, 5.41) is 4.13. The Kier molecular flexibility index (Phi) is 7.88. The van der Waals surface area contributed by atoms with Gasteiger partial charge in [0.1, 0.15) is 12.3 Å². The SMILES string of the molecule is COc1ccccc1N(CC(=O)N/N=C(/C)c1cccc(Br)c1)S(=O)(=O)c1ccc(C)cc1. The summed E-state index contributed by atoms with van der Waals surface area (Å²) in [4.78, 5) is 12.9. The molecule has 0 aliphatic heterocycles. The number of carbonyl (C=O) groups excluding carboxylic acids is 1. The summed E-state index contributed by atoms with van der Waals surface area (Å²) in [6.45, 7) is 3.14. The first-order valence-corrected chi connectivity index (χ1v) is 12.3. The van der Waals surface area contributed by atoms with Crippen molar-refractivity contribution in [3.05, 3.63) is 88.4 Å². The number of hydrogen-bond acceptors (Lipinski definition) is 5. The lowest BCUT2D eigenvalue weighted by atomic mass is 10.1. The number of nitrogens with one attached hydrogen (secondary N) is 1. The predicted octanol–water partition coefficient (Wildman–Crippen LogP) is 4.50. The molecule has 1 amide bonds. The van der Waals surface area contributed by atoms with Gasteiger partial charge in [-0.1, -0.05) is 57.9 Å². The monoisotopic (exact) mass is 529 g/mol. The number of aryl methyl sites for hydroxylation is 1. The van der Waals surface area contributed by atoms with Gasteiger partial charge in [0.05, 0.1) is 23.4 Å². The van der Waals surface area contributed by atoms with Crippen molar-refractivity contribution in [2.45, 2.75) is 18.7 Å². The van der Waals surface area contributed by atoms with Crippen LogP contribution in [0.25, 0.3) is 0 Å². The van der Waals surface area contributed by atoms with E-state index in [2.05, 4.69) is 26.5 Å². The van der Waals surface area contributed by atoms with Crippen molar-refractivity contribution in [3.63, 3.8) is 0 Å². The Morgan fingerprint density at radius 2 is 1.76 bits per heavy atom. The third-order valence-corrected chi connectivity index (χ3v) is 7.11. The Labute approximate surface area is 202 Å². The van der Waals surface area contributed by atoms with E-state index >= 15 is 0 Å². The van der Waals surface area contributed by atoms with Crippen LogP contribution in [0, 0.1) is 6.92 Å². The van der Waals surface area contributed by atoms with Gasteiger partial charge in [0.2, 0.25) is 0 Å². The number of hydrogen-bond donors (Lipinski definition) is 1. The van der Waals surface area contributed by atoms with Crippen molar-refractivity contribution in [1.29, 1.82) is 0 Å². The van der Waals surface area contributed by atoms with E-state index in [9.17, 15) is 13.2 Å². The first kappa shape index (κ1) is 24.5. The number of ether oxygens (including phenoxy) is 1. The van der Waals surface area contributed by atoms with E-state index in [4.69, 9.17) is 4.74 Å². The molecule has 33 heavy (non-hydrogen) atoms. The van der Waals surface area contributed by atoms with E-state index in [0.29, 0.717) is 11.5 Å². The van der Waals surface area contributed by atoms with Gasteiger partial charge in [-0.2, -0.15) is 5.10 Å². The summed E-state index contributed by atoms with van der Waals surface area (Å²) in [5.74, 6) is -0.263. The fourth-order valence-corrected chi connectivity index (χ4v) is 4.89. The van der Waals surface area contributed by atoms with Gasteiger partial charge in [0, 0.05) is 4.47 Å². The van der Waals surface area contributed by atoms with E-state index in [-0.39, 0.29) is 10.6 Å². The second-order valence-corrected chi connectivity index (χ2v) is 10.0. The second-order valence-electron chi connectivity index (χ2n) is 7.24. The number of halogens is 1. The minimum atomic E-state index is -4.06. The lowest BCUT2D eigenvalue weighted by Crippen LogP contribution is -2.40. The number of carbonyl (C=O) groups is 1. The standard InChI is InChI=1S/C24H24BrN3O4S/c1-17-11-13-21(14-12-17)33(30,31)28(22-9-4-5-10-23(22)32-3)16-24(29)27-26-18(2)19-7-6-8-20(25)15-19/h4-15H,16H2,1-3H3,(H,27,29)/b26-18-.